The first-order valence-electron chi connectivity index (χ1n) is 7.51. The molecule has 1 fully saturated rings. The van der Waals surface area contributed by atoms with Gasteiger partial charge in [0.2, 0.25) is 0 Å². The highest BCUT2D eigenvalue weighted by Crippen LogP contribution is 2.33. The van der Waals surface area contributed by atoms with Crippen molar-refractivity contribution in [3.63, 3.8) is 0 Å². The van der Waals surface area contributed by atoms with Gasteiger partial charge in [-0.3, -0.25) is 4.79 Å². The van der Waals surface area contributed by atoms with E-state index in [0.717, 1.165) is 29.2 Å². The number of amides is 1. The highest BCUT2D eigenvalue weighted by Gasteiger charge is 2.38. The summed E-state index contributed by atoms with van der Waals surface area (Å²) in [6, 6.07) is -0.0702. The van der Waals surface area contributed by atoms with Crippen LogP contribution in [0.2, 0.25) is 0 Å². The zero-order valence-corrected chi connectivity index (χ0v) is 13.4. The maximum absolute atomic E-state index is 12.9. The normalized spacial score (nSPS) is 21.5. The van der Waals surface area contributed by atoms with Crippen LogP contribution < -0.4 is 0 Å². The Morgan fingerprint density at radius 3 is 2.68 bits per heavy atom. The van der Waals surface area contributed by atoms with E-state index in [-0.39, 0.29) is 18.1 Å². The predicted molar refractivity (Wildman–Crippen MR) is 82.8 cm³/mol. The predicted octanol–water partition coefficient (Wildman–Crippen LogP) is 2.27. The topological polar surface area (TPSA) is 74.0 Å². The second-order valence-electron chi connectivity index (χ2n) is 5.95. The number of methoxy groups -OCH3 is 1. The first-order valence-corrected chi connectivity index (χ1v) is 7.51. The van der Waals surface area contributed by atoms with Crippen LogP contribution in [0, 0.1) is 20.8 Å². The van der Waals surface area contributed by atoms with Gasteiger partial charge in [0.1, 0.15) is 5.82 Å². The van der Waals surface area contributed by atoms with E-state index in [0.29, 0.717) is 12.1 Å². The van der Waals surface area contributed by atoms with Gasteiger partial charge in [0.15, 0.2) is 0 Å². The van der Waals surface area contributed by atoms with Crippen LogP contribution in [0.1, 0.15) is 45.6 Å². The number of aromatic amines is 2. The van der Waals surface area contributed by atoms with Crippen LogP contribution in [0.4, 0.5) is 0 Å². The minimum absolute atomic E-state index is 0.0232. The summed E-state index contributed by atoms with van der Waals surface area (Å²) in [4.78, 5) is 25.6. The van der Waals surface area contributed by atoms with Crippen molar-refractivity contribution in [2.45, 2.75) is 39.3 Å². The molecule has 22 heavy (non-hydrogen) atoms. The Morgan fingerprint density at radius 2 is 2.14 bits per heavy atom. The Balaban J connectivity index is 1.93. The van der Waals surface area contributed by atoms with Crippen LogP contribution in [-0.4, -0.2) is 45.5 Å². The zero-order chi connectivity index (χ0) is 15.9. The van der Waals surface area contributed by atoms with Gasteiger partial charge in [-0.15, -0.1) is 0 Å². The number of aryl methyl sites for hydroxylation is 3. The minimum Gasteiger partial charge on any atom is -0.380 e. The second-order valence-corrected chi connectivity index (χ2v) is 5.95. The molecular formula is C16H22N4O2. The third kappa shape index (κ3) is 2.43. The third-order valence-corrected chi connectivity index (χ3v) is 4.50. The van der Waals surface area contributed by atoms with Crippen LogP contribution in [0.3, 0.4) is 0 Å². The van der Waals surface area contributed by atoms with Crippen molar-refractivity contribution in [3.8, 4) is 0 Å². The van der Waals surface area contributed by atoms with E-state index < -0.39 is 0 Å². The van der Waals surface area contributed by atoms with Crippen molar-refractivity contribution < 1.29 is 9.53 Å². The van der Waals surface area contributed by atoms with E-state index in [9.17, 15) is 4.79 Å². The molecule has 6 nitrogen and oxygen atoms in total. The molecule has 3 heterocycles. The highest BCUT2D eigenvalue weighted by atomic mass is 16.5. The molecule has 0 saturated carbocycles. The fourth-order valence-electron chi connectivity index (χ4n) is 3.01. The maximum Gasteiger partial charge on any atom is 0.256 e. The Hall–Kier alpha value is -2.08. The van der Waals surface area contributed by atoms with Gasteiger partial charge in [-0.1, -0.05) is 0 Å². The number of nitrogens with zero attached hydrogens (tertiary/aromatic N) is 2. The van der Waals surface area contributed by atoms with Crippen LogP contribution in [0.15, 0.2) is 12.4 Å². The summed E-state index contributed by atoms with van der Waals surface area (Å²) in [5.74, 6) is 0.867. The molecule has 1 saturated heterocycles. The van der Waals surface area contributed by atoms with Gasteiger partial charge in [0, 0.05) is 38.2 Å². The molecule has 2 atom stereocenters. The summed E-state index contributed by atoms with van der Waals surface area (Å²) in [5.41, 5.74) is 3.68. The molecule has 0 aliphatic carbocycles. The molecular weight excluding hydrogens is 280 g/mol. The van der Waals surface area contributed by atoms with Gasteiger partial charge in [-0.25, -0.2) is 4.98 Å². The average molecular weight is 302 g/mol. The van der Waals surface area contributed by atoms with Crippen molar-refractivity contribution >= 4 is 5.91 Å². The number of hydrogen-bond acceptors (Lipinski definition) is 3. The van der Waals surface area contributed by atoms with Gasteiger partial charge in [0.05, 0.1) is 23.4 Å². The van der Waals surface area contributed by atoms with E-state index in [2.05, 4.69) is 15.0 Å². The monoisotopic (exact) mass is 302 g/mol. The minimum atomic E-state index is -0.0702. The van der Waals surface area contributed by atoms with Gasteiger partial charge >= 0.3 is 0 Å². The Bertz CT molecular complexity index is 669. The Kier molecular flexibility index (Phi) is 3.78. The lowest BCUT2D eigenvalue weighted by Crippen LogP contribution is -2.32. The third-order valence-electron chi connectivity index (χ3n) is 4.50. The molecule has 0 spiro atoms. The quantitative estimate of drug-likeness (QED) is 0.913. The number of rotatable bonds is 3. The van der Waals surface area contributed by atoms with Gasteiger partial charge in [0.25, 0.3) is 5.91 Å². The van der Waals surface area contributed by atoms with Gasteiger partial charge in [-0.05, 0) is 26.3 Å². The lowest BCUT2D eigenvalue weighted by Gasteiger charge is -2.23. The molecule has 2 aromatic heterocycles. The summed E-state index contributed by atoms with van der Waals surface area (Å²) < 4.78 is 5.48. The van der Waals surface area contributed by atoms with E-state index in [1.54, 1.807) is 13.3 Å². The molecule has 3 rings (SSSR count). The van der Waals surface area contributed by atoms with E-state index in [1.165, 1.54) is 0 Å². The smallest absolute Gasteiger partial charge is 0.256 e. The fourth-order valence-corrected chi connectivity index (χ4v) is 3.01. The fraction of sp³-hybridized carbons (Fsp3) is 0.500. The van der Waals surface area contributed by atoms with Crippen molar-refractivity contribution in [2.75, 3.05) is 13.7 Å². The number of hydrogen-bond donors (Lipinski definition) is 2. The zero-order valence-electron chi connectivity index (χ0n) is 13.4. The molecule has 1 aliphatic heterocycles. The average Bonchev–Trinajstić information content (AvgIpc) is 3.18. The van der Waals surface area contributed by atoms with Crippen LogP contribution in [0.25, 0.3) is 0 Å². The first-order chi connectivity index (χ1) is 10.5. The summed E-state index contributed by atoms with van der Waals surface area (Å²) in [6.45, 7) is 6.49. The number of carbonyl (C=O) groups excluding carboxylic acids is 1. The van der Waals surface area contributed by atoms with Crippen molar-refractivity contribution in [1.29, 1.82) is 0 Å². The standard InChI is InChI=1S/C16H22N4O2/c1-9-6-17-7-13(9)16(21)20-8-12(22-4)5-14(20)15-18-10(2)11(3)19-15/h6-7,12,14,17H,5,8H2,1-4H3,(H,18,19)/t12-,14+/m1/s1. The number of carbonyl (C=O) groups is 1. The molecule has 2 N–H and O–H groups in total. The molecule has 0 radical (unpaired) electrons. The van der Waals surface area contributed by atoms with Crippen molar-refractivity contribution in [2.24, 2.45) is 0 Å². The van der Waals surface area contributed by atoms with Crippen molar-refractivity contribution in [3.05, 3.63) is 40.7 Å². The molecule has 1 aliphatic rings. The Morgan fingerprint density at radius 1 is 1.36 bits per heavy atom. The van der Waals surface area contributed by atoms with Crippen LogP contribution >= 0.6 is 0 Å². The number of H-pyrrole nitrogens is 2. The van der Waals surface area contributed by atoms with E-state index in [1.807, 2.05) is 31.9 Å². The number of aromatic nitrogens is 3. The van der Waals surface area contributed by atoms with Crippen molar-refractivity contribution in [1.82, 2.24) is 19.9 Å². The lowest BCUT2D eigenvalue weighted by atomic mass is 10.1. The molecule has 0 bridgehead atoms. The Labute approximate surface area is 129 Å². The maximum atomic E-state index is 12.9. The lowest BCUT2D eigenvalue weighted by molar-refractivity contribution is 0.0684. The molecule has 118 valence electrons. The highest BCUT2D eigenvalue weighted by molar-refractivity contribution is 5.96. The number of likely N-dealkylation sites (tertiary alicyclic amines) is 1. The summed E-state index contributed by atoms with van der Waals surface area (Å²) >= 11 is 0. The molecule has 1 amide bonds. The second kappa shape index (κ2) is 5.61. The first kappa shape index (κ1) is 14.8. The number of ether oxygens (including phenoxy) is 1. The summed E-state index contributed by atoms with van der Waals surface area (Å²) in [6.07, 6.45) is 4.40. The molecule has 6 heteroatoms. The largest absolute Gasteiger partial charge is 0.380 e. The summed E-state index contributed by atoms with van der Waals surface area (Å²) in [5, 5.41) is 0. The summed E-state index contributed by atoms with van der Waals surface area (Å²) in [7, 11) is 1.69. The van der Waals surface area contributed by atoms with E-state index >= 15 is 0 Å². The SMILES string of the molecule is CO[C@@H]1C[C@@H](c2nc(C)c(C)[nH]2)N(C(=O)c2c[nH]cc2C)C1. The van der Waals surface area contributed by atoms with Crippen LogP contribution in [-0.2, 0) is 4.74 Å². The van der Waals surface area contributed by atoms with Crippen LogP contribution in [0.5, 0.6) is 0 Å². The van der Waals surface area contributed by atoms with E-state index in [4.69, 9.17) is 4.74 Å². The molecule has 0 unspecified atom stereocenters. The molecule has 2 aromatic rings. The van der Waals surface area contributed by atoms with Gasteiger partial charge < -0.3 is 19.6 Å². The molecule has 0 aromatic carbocycles. The number of nitrogens with one attached hydrogen (secondary N) is 2. The van der Waals surface area contributed by atoms with Gasteiger partial charge in [-0.2, -0.15) is 0 Å². The number of imidazole rings is 1.